The standard InChI is InChI=1S/C12H8F2O4S/c1-18-11(17)12(13,14)7-3-2-6-4-9(10(15)16)19-8(6)5-7/h2-5H,1H3,(H,15,16). The molecule has 0 aliphatic heterocycles. The maximum atomic E-state index is 13.7. The molecule has 7 heteroatoms. The summed E-state index contributed by atoms with van der Waals surface area (Å²) in [6.07, 6.45) is 0. The molecule has 0 radical (unpaired) electrons. The van der Waals surface area contributed by atoms with Gasteiger partial charge in [-0.05, 0) is 17.5 Å². The van der Waals surface area contributed by atoms with Crippen LogP contribution >= 0.6 is 11.3 Å². The number of carboxylic acid groups (broad SMARTS) is 1. The number of rotatable bonds is 3. The predicted octanol–water partition coefficient (Wildman–Crippen LogP) is 2.86. The highest BCUT2D eigenvalue weighted by atomic mass is 32.1. The number of methoxy groups -OCH3 is 1. The second-order valence-corrected chi connectivity index (χ2v) is 4.82. The van der Waals surface area contributed by atoms with Gasteiger partial charge in [0.15, 0.2) is 0 Å². The lowest BCUT2D eigenvalue weighted by Gasteiger charge is -2.13. The highest BCUT2D eigenvalue weighted by Crippen LogP contribution is 2.34. The van der Waals surface area contributed by atoms with Crippen molar-refractivity contribution in [3.63, 3.8) is 0 Å². The number of ether oxygens (including phenoxy) is 1. The Bertz CT molecular complexity index is 663. The molecule has 0 spiro atoms. The molecule has 0 amide bonds. The second-order valence-electron chi connectivity index (χ2n) is 3.73. The van der Waals surface area contributed by atoms with Crippen LogP contribution < -0.4 is 0 Å². The molecule has 0 bridgehead atoms. The molecule has 0 saturated carbocycles. The molecule has 19 heavy (non-hydrogen) atoms. The summed E-state index contributed by atoms with van der Waals surface area (Å²) in [6.45, 7) is 0. The van der Waals surface area contributed by atoms with Gasteiger partial charge >= 0.3 is 17.9 Å². The van der Waals surface area contributed by atoms with Gasteiger partial charge in [0.1, 0.15) is 4.88 Å². The molecule has 0 atom stereocenters. The molecule has 0 fully saturated rings. The first kappa shape index (κ1) is 13.4. The average molecular weight is 286 g/mol. The van der Waals surface area contributed by atoms with Crippen LogP contribution in [0, 0.1) is 0 Å². The first-order valence-corrected chi connectivity index (χ1v) is 5.91. The van der Waals surface area contributed by atoms with Crippen molar-refractivity contribution in [3.8, 4) is 0 Å². The highest BCUT2D eigenvalue weighted by Gasteiger charge is 2.42. The number of hydrogen-bond acceptors (Lipinski definition) is 4. The summed E-state index contributed by atoms with van der Waals surface area (Å²) < 4.78 is 31.7. The molecule has 1 aromatic carbocycles. The molecular formula is C12H8F2O4S. The maximum Gasteiger partial charge on any atom is 0.381 e. The lowest BCUT2D eigenvalue weighted by Crippen LogP contribution is -2.27. The van der Waals surface area contributed by atoms with Gasteiger partial charge in [0, 0.05) is 10.3 Å². The molecule has 0 saturated heterocycles. The minimum absolute atomic E-state index is 0.0496. The highest BCUT2D eigenvalue weighted by molar-refractivity contribution is 7.20. The molecule has 2 rings (SSSR count). The number of carbonyl (C=O) groups is 2. The number of carbonyl (C=O) groups excluding carboxylic acids is 1. The van der Waals surface area contributed by atoms with E-state index in [4.69, 9.17) is 5.11 Å². The Balaban J connectivity index is 2.52. The number of esters is 1. The van der Waals surface area contributed by atoms with E-state index in [2.05, 4.69) is 4.74 Å². The number of benzene rings is 1. The Labute approximate surface area is 110 Å². The Kier molecular flexibility index (Phi) is 3.23. The molecule has 1 heterocycles. The van der Waals surface area contributed by atoms with Gasteiger partial charge in [-0.25, -0.2) is 9.59 Å². The Morgan fingerprint density at radius 1 is 1.32 bits per heavy atom. The lowest BCUT2D eigenvalue weighted by molar-refractivity contribution is -0.170. The van der Waals surface area contributed by atoms with Crippen LogP contribution in [0.5, 0.6) is 0 Å². The lowest BCUT2D eigenvalue weighted by atomic mass is 10.1. The molecule has 1 N–H and O–H groups in total. The zero-order valence-corrected chi connectivity index (χ0v) is 10.5. The van der Waals surface area contributed by atoms with Crippen LogP contribution in [0.1, 0.15) is 15.2 Å². The van der Waals surface area contributed by atoms with Crippen LogP contribution in [0.15, 0.2) is 24.3 Å². The fraction of sp³-hybridized carbons (Fsp3) is 0.167. The number of aromatic carboxylic acids is 1. The summed E-state index contributed by atoms with van der Waals surface area (Å²) in [5.74, 6) is -6.53. The summed E-state index contributed by atoms with van der Waals surface area (Å²) in [5, 5.41) is 9.36. The number of alkyl halides is 2. The number of fused-ring (bicyclic) bond motifs is 1. The summed E-state index contributed by atoms with van der Waals surface area (Å²) in [4.78, 5) is 21.9. The van der Waals surface area contributed by atoms with E-state index in [1.165, 1.54) is 12.1 Å². The number of hydrogen-bond donors (Lipinski definition) is 1. The van der Waals surface area contributed by atoms with Crippen molar-refractivity contribution in [2.75, 3.05) is 7.11 Å². The third-order valence-electron chi connectivity index (χ3n) is 2.54. The maximum absolute atomic E-state index is 13.7. The number of halogens is 2. The van der Waals surface area contributed by atoms with Crippen LogP contribution in [0.3, 0.4) is 0 Å². The first-order chi connectivity index (χ1) is 8.86. The van der Waals surface area contributed by atoms with Crippen LogP contribution in [-0.2, 0) is 15.5 Å². The molecule has 0 unspecified atom stereocenters. The van der Waals surface area contributed by atoms with Gasteiger partial charge in [0.2, 0.25) is 0 Å². The van der Waals surface area contributed by atoms with Crippen molar-refractivity contribution < 1.29 is 28.2 Å². The van der Waals surface area contributed by atoms with E-state index < -0.39 is 23.4 Å². The molecule has 100 valence electrons. The largest absolute Gasteiger partial charge is 0.477 e. The zero-order valence-electron chi connectivity index (χ0n) is 9.65. The van der Waals surface area contributed by atoms with Gasteiger partial charge in [-0.15, -0.1) is 11.3 Å². The Morgan fingerprint density at radius 3 is 2.58 bits per heavy atom. The normalized spacial score (nSPS) is 11.5. The minimum atomic E-state index is -3.75. The van der Waals surface area contributed by atoms with E-state index >= 15 is 0 Å². The van der Waals surface area contributed by atoms with Crippen molar-refractivity contribution in [2.24, 2.45) is 0 Å². The number of thiophene rings is 1. The predicted molar refractivity (Wildman–Crippen MR) is 64.7 cm³/mol. The van der Waals surface area contributed by atoms with Crippen molar-refractivity contribution in [2.45, 2.75) is 5.92 Å². The fourth-order valence-electron chi connectivity index (χ4n) is 1.58. The van der Waals surface area contributed by atoms with E-state index in [1.54, 1.807) is 0 Å². The van der Waals surface area contributed by atoms with Crippen LogP contribution in [-0.4, -0.2) is 24.2 Å². The third-order valence-corrected chi connectivity index (χ3v) is 3.62. The summed E-state index contributed by atoms with van der Waals surface area (Å²) in [7, 11) is 0.877. The van der Waals surface area contributed by atoms with Crippen LogP contribution in [0.2, 0.25) is 0 Å². The van der Waals surface area contributed by atoms with Crippen molar-refractivity contribution in [1.29, 1.82) is 0 Å². The summed E-state index contributed by atoms with van der Waals surface area (Å²) >= 11 is 0.870. The summed E-state index contributed by atoms with van der Waals surface area (Å²) in [5.41, 5.74) is -0.523. The molecule has 4 nitrogen and oxygen atoms in total. The Hall–Kier alpha value is -2.02. The van der Waals surface area contributed by atoms with E-state index in [1.807, 2.05) is 0 Å². The second kappa shape index (κ2) is 4.58. The van der Waals surface area contributed by atoms with Gasteiger partial charge in [-0.2, -0.15) is 8.78 Å². The van der Waals surface area contributed by atoms with Crippen LogP contribution in [0.25, 0.3) is 10.1 Å². The molecule has 0 aliphatic rings. The van der Waals surface area contributed by atoms with Gasteiger partial charge in [-0.3, -0.25) is 0 Å². The zero-order chi connectivity index (χ0) is 14.2. The van der Waals surface area contributed by atoms with E-state index in [9.17, 15) is 18.4 Å². The average Bonchev–Trinajstić information content (AvgIpc) is 2.80. The van der Waals surface area contributed by atoms with Gasteiger partial charge in [0.05, 0.1) is 7.11 Å². The van der Waals surface area contributed by atoms with E-state index in [-0.39, 0.29) is 4.88 Å². The Morgan fingerprint density at radius 2 is 2.00 bits per heavy atom. The van der Waals surface area contributed by atoms with Crippen molar-refractivity contribution in [3.05, 3.63) is 34.7 Å². The molecular weight excluding hydrogens is 278 g/mol. The van der Waals surface area contributed by atoms with Crippen LogP contribution in [0.4, 0.5) is 8.78 Å². The smallest absolute Gasteiger partial charge is 0.381 e. The SMILES string of the molecule is COC(=O)C(F)(F)c1ccc2cc(C(=O)O)sc2c1. The van der Waals surface area contributed by atoms with Gasteiger partial charge in [0.25, 0.3) is 0 Å². The molecule has 0 aliphatic carbocycles. The van der Waals surface area contributed by atoms with Crippen molar-refractivity contribution >= 4 is 33.4 Å². The fourth-order valence-corrected chi connectivity index (χ4v) is 2.52. The van der Waals surface area contributed by atoms with Gasteiger partial charge < -0.3 is 9.84 Å². The first-order valence-electron chi connectivity index (χ1n) is 5.10. The molecule has 1 aromatic heterocycles. The monoisotopic (exact) mass is 286 g/mol. The molecule has 2 aromatic rings. The van der Waals surface area contributed by atoms with E-state index in [0.29, 0.717) is 10.1 Å². The topological polar surface area (TPSA) is 63.6 Å². The minimum Gasteiger partial charge on any atom is -0.477 e. The van der Waals surface area contributed by atoms with Crippen molar-refractivity contribution in [1.82, 2.24) is 0 Å². The third kappa shape index (κ3) is 2.28. The quantitative estimate of drug-likeness (QED) is 0.881. The summed E-state index contributed by atoms with van der Waals surface area (Å²) in [6, 6.07) is 4.92. The number of carboxylic acids is 1. The van der Waals surface area contributed by atoms with Gasteiger partial charge in [-0.1, -0.05) is 12.1 Å². The van der Waals surface area contributed by atoms with E-state index in [0.717, 1.165) is 30.6 Å².